The largest absolute Gasteiger partial charge is 0.383 e. The molecular formula is C16H15N3. The van der Waals surface area contributed by atoms with Crippen LogP contribution < -0.4 is 5.73 Å². The van der Waals surface area contributed by atoms with Crippen molar-refractivity contribution >= 4 is 16.6 Å². The summed E-state index contributed by atoms with van der Waals surface area (Å²) in [5.74, 6) is 0.549. The van der Waals surface area contributed by atoms with E-state index in [1.165, 1.54) is 11.1 Å². The highest BCUT2D eigenvalue weighted by molar-refractivity contribution is 5.90. The second-order valence-corrected chi connectivity index (χ2v) is 4.76. The summed E-state index contributed by atoms with van der Waals surface area (Å²) in [6.45, 7) is 2.09. The van der Waals surface area contributed by atoms with E-state index in [2.05, 4.69) is 47.2 Å². The van der Waals surface area contributed by atoms with E-state index in [9.17, 15) is 0 Å². The number of benzene rings is 1. The highest BCUT2D eigenvalue weighted by Gasteiger charge is 2.04. The van der Waals surface area contributed by atoms with Gasteiger partial charge in [-0.2, -0.15) is 0 Å². The zero-order chi connectivity index (χ0) is 13.2. The first-order chi connectivity index (χ1) is 9.22. The number of aromatic nitrogens is 2. The fourth-order valence-electron chi connectivity index (χ4n) is 2.18. The average molecular weight is 249 g/mol. The van der Waals surface area contributed by atoms with Gasteiger partial charge in [0.05, 0.1) is 0 Å². The molecule has 0 aliphatic heterocycles. The summed E-state index contributed by atoms with van der Waals surface area (Å²) >= 11 is 0. The molecule has 0 bridgehead atoms. The maximum atomic E-state index is 5.98. The molecule has 0 saturated heterocycles. The molecular weight excluding hydrogens is 234 g/mol. The predicted molar refractivity (Wildman–Crippen MR) is 77.9 cm³/mol. The van der Waals surface area contributed by atoms with Gasteiger partial charge in [-0.3, -0.25) is 4.98 Å². The number of anilines is 1. The molecule has 94 valence electrons. The number of fused-ring (bicyclic) bond motifs is 1. The molecule has 0 atom stereocenters. The van der Waals surface area contributed by atoms with Crippen molar-refractivity contribution in [1.82, 2.24) is 9.97 Å². The highest BCUT2D eigenvalue weighted by atomic mass is 14.8. The molecule has 2 aromatic heterocycles. The number of nitrogens with two attached hydrogens (primary N) is 1. The molecule has 1 aromatic carbocycles. The lowest BCUT2D eigenvalue weighted by atomic mass is 10.1. The Morgan fingerprint density at radius 3 is 2.68 bits per heavy atom. The molecule has 0 saturated carbocycles. The zero-order valence-corrected chi connectivity index (χ0v) is 10.8. The van der Waals surface area contributed by atoms with Crippen molar-refractivity contribution in [3.05, 3.63) is 65.6 Å². The average Bonchev–Trinajstić information content (AvgIpc) is 2.42. The molecule has 0 fully saturated rings. The SMILES string of the molecule is Cc1ccc(Cc2cc3ccncc3c(N)n2)cc1. The Balaban J connectivity index is 1.99. The van der Waals surface area contributed by atoms with E-state index in [1.807, 2.05) is 6.07 Å². The fraction of sp³-hybridized carbons (Fsp3) is 0.125. The second-order valence-electron chi connectivity index (χ2n) is 4.76. The van der Waals surface area contributed by atoms with E-state index in [1.54, 1.807) is 12.4 Å². The number of aryl methyl sites for hydroxylation is 1. The van der Waals surface area contributed by atoms with Crippen LogP contribution in [0.5, 0.6) is 0 Å². The van der Waals surface area contributed by atoms with Gasteiger partial charge >= 0.3 is 0 Å². The van der Waals surface area contributed by atoms with Gasteiger partial charge in [0, 0.05) is 29.9 Å². The van der Waals surface area contributed by atoms with Gasteiger partial charge in [0.1, 0.15) is 5.82 Å². The van der Waals surface area contributed by atoms with Crippen molar-refractivity contribution in [2.24, 2.45) is 0 Å². The van der Waals surface area contributed by atoms with E-state index in [0.717, 1.165) is 22.9 Å². The third-order valence-electron chi connectivity index (χ3n) is 3.22. The first kappa shape index (κ1) is 11.7. The maximum Gasteiger partial charge on any atom is 0.133 e. The number of hydrogen-bond donors (Lipinski definition) is 1. The number of rotatable bonds is 2. The predicted octanol–water partition coefficient (Wildman–Crippen LogP) is 3.11. The molecule has 2 N–H and O–H groups in total. The summed E-state index contributed by atoms with van der Waals surface area (Å²) in [6.07, 6.45) is 4.33. The lowest BCUT2D eigenvalue weighted by Gasteiger charge is -2.06. The van der Waals surface area contributed by atoms with Gasteiger partial charge in [-0.15, -0.1) is 0 Å². The standard InChI is InChI=1S/C16H15N3/c1-11-2-4-12(5-3-11)8-14-9-13-6-7-18-10-15(13)16(17)19-14/h2-7,9-10H,8H2,1H3,(H2,17,19). The van der Waals surface area contributed by atoms with Crippen LogP contribution in [-0.4, -0.2) is 9.97 Å². The Hall–Kier alpha value is -2.42. The summed E-state index contributed by atoms with van der Waals surface area (Å²) in [5.41, 5.74) is 9.48. The highest BCUT2D eigenvalue weighted by Crippen LogP contribution is 2.20. The van der Waals surface area contributed by atoms with Gasteiger partial charge in [-0.25, -0.2) is 4.98 Å². The first-order valence-corrected chi connectivity index (χ1v) is 6.27. The van der Waals surface area contributed by atoms with Crippen molar-refractivity contribution in [3.8, 4) is 0 Å². The number of pyridine rings is 2. The summed E-state index contributed by atoms with van der Waals surface area (Å²) in [7, 11) is 0. The van der Waals surface area contributed by atoms with Crippen molar-refractivity contribution in [3.63, 3.8) is 0 Å². The summed E-state index contributed by atoms with van der Waals surface area (Å²) in [5, 5.41) is 2.00. The molecule has 3 heteroatoms. The van der Waals surface area contributed by atoms with Gasteiger partial charge in [0.15, 0.2) is 0 Å². The van der Waals surface area contributed by atoms with Crippen LogP contribution in [0.25, 0.3) is 10.8 Å². The van der Waals surface area contributed by atoms with Crippen molar-refractivity contribution in [1.29, 1.82) is 0 Å². The normalized spacial score (nSPS) is 10.8. The molecule has 3 aromatic rings. The van der Waals surface area contributed by atoms with E-state index >= 15 is 0 Å². The quantitative estimate of drug-likeness (QED) is 0.759. The Morgan fingerprint density at radius 2 is 1.89 bits per heavy atom. The van der Waals surface area contributed by atoms with Crippen LogP contribution in [0.2, 0.25) is 0 Å². The van der Waals surface area contributed by atoms with Crippen LogP contribution in [0.3, 0.4) is 0 Å². The fourth-order valence-corrected chi connectivity index (χ4v) is 2.18. The Bertz CT molecular complexity index is 718. The van der Waals surface area contributed by atoms with E-state index < -0.39 is 0 Å². The minimum absolute atomic E-state index is 0.549. The molecule has 0 aliphatic carbocycles. The maximum absolute atomic E-state index is 5.98. The van der Waals surface area contributed by atoms with Crippen LogP contribution in [0, 0.1) is 6.92 Å². The van der Waals surface area contributed by atoms with Crippen LogP contribution in [0.15, 0.2) is 48.8 Å². The summed E-state index contributed by atoms with van der Waals surface area (Å²) < 4.78 is 0. The van der Waals surface area contributed by atoms with Crippen molar-refractivity contribution in [2.75, 3.05) is 5.73 Å². The van der Waals surface area contributed by atoms with Crippen LogP contribution in [-0.2, 0) is 6.42 Å². The van der Waals surface area contributed by atoms with Gasteiger partial charge in [0.2, 0.25) is 0 Å². The van der Waals surface area contributed by atoms with E-state index in [4.69, 9.17) is 5.73 Å². The van der Waals surface area contributed by atoms with Crippen LogP contribution >= 0.6 is 0 Å². The van der Waals surface area contributed by atoms with Gasteiger partial charge in [0.25, 0.3) is 0 Å². The lowest BCUT2D eigenvalue weighted by molar-refractivity contribution is 1.09. The van der Waals surface area contributed by atoms with Gasteiger partial charge in [-0.05, 0) is 30.0 Å². The molecule has 0 radical (unpaired) electrons. The topological polar surface area (TPSA) is 51.8 Å². The molecule has 19 heavy (non-hydrogen) atoms. The Labute approximate surface area is 112 Å². The first-order valence-electron chi connectivity index (χ1n) is 6.27. The molecule has 0 aliphatic rings. The van der Waals surface area contributed by atoms with E-state index in [-0.39, 0.29) is 0 Å². The van der Waals surface area contributed by atoms with Crippen molar-refractivity contribution < 1.29 is 0 Å². The van der Waals surface area contributed by atoms with Gasteiger partial charge in [-0.1, -0.05) is 29.8 Å². The number of hydrogen-bond acceptors (Lipinski definition) is 3. The molecule has 2 heterocycles. The van der Waals surface area contributed by atoms with Crippen LogP contribution in [0.4, 0.5) is 5.82 Å². The van der Waals surface area contributed by atoms with E-state index in [0.29, 0.717) is 5.82 Å². The van der Waals surface area contributed by atoms with Crippen molar-refractivity contribution in [2.45, 2.75) is 13.3 Å². The zero-order valence-electron chi connectivity index (χ0n) is 10.8. The molecule has 0 spiro atoms. The second kappa shape index (κ2) is 4.69. The monoisotopic (exact) mass is 249 g/mol. The molecule has 3 rings (SSSR count). The smallest absolute Gasteiger partial charge is 0.133 e. The lowest BCUT2D eigenvalue weighted by Crippen LogP contribution is -1.98. The minimum atomic E-state index is 0.549. The van der Waals surface area contributed by atoms with Gasteiger partial charge < -0.3 is 5.73 Å². The molecule has 0 unspecified atom stereocenters. The minimum Gasteiger partial charge on any atom is -0.383 e. The molecule has 3 nitrogen and oxygen atoms in total. The number of nitrogen functional groups attached to an aromatic ring is 1. The third kappa shape index (κ3) is 2.40. The molecule has 0 amide bonds. The van der Waals surface area contributed by atoms with Crippen LogP contribution in [0.1, 0.15) is 16.8 Å². The Morgan fingerprint density at radius 1 is 1.11 bits per heavy atom. The Kier molecular flexibility index (Phi) is 2.88. The number of nitrogens with zero attached hydrogens (tertiary/aromatic N) is 2. The third-order valence-corrected chi connectivity index (χ3v) is 3.22. The summed E-state index contributed by atoms with van der Waals surface area (Å²) in [4.78, 5) is 8.53. The summed E-state index contributed by atoms with van der Waals surface area (Å²) in [6, 6.07) is 12.5.